The van der Waals surface area contributed by atoms with Crippen LogP contribution in [0.3, 0.4) is 0 Å². The van der Waals surface area contributed by atoms with Crippen molar-refractivity contribution in [1.82, 2.24) is 9.88 Å². The number of carboxylic acids is 1. The highest BCUT2D eigenvalue weighted by Crippen LogP contribution is 2.44. The van der Waals surface area contributed by atoms with E-state index in [0.29, 0.717) is 0 Å². The molecule has 1 amide bonds. The minimum Gasteiger partial charge on any atom is -0.480 e. The summed E-state index contributed by atoms with van der Waals surface area (Å²) in [6, 6.07) is 21.2. The first-order valence-electron chi connectivity index (χ1n) is 11.3. The van der Waals surface area contributed by atoms with Crippen molar-refractivity contribution in [3.05, 3.63) is 95.2 Å². The first-order valence-corrected chi connectivity index (χ1v) is 11.3. The standard InChI is InChI=1S/C28H26N2O4/c1-17-11-12-19-18(15-29-25(19)13-17)14-26(27(31)32)30(2)28(33)34-16-24-22-9-5-3-7-20(22)21-8-4-6-10-23(21)24/h3-13,15,24,26,29H,14,16H2,1-2H3,(H,31,32)/t26-/m0/s1. The maximum Gasteiger partial charge on any atom is 0.410 e. The van der Waals surface area contributed by atoms with Crippen LogP contribution in [-0.4, -0.2) is 46.7 Å². The Balaban J connectivity index is 1.32. The second-order valence-corrected chi connectivity index (χ2v) is 8.84. The first-order chi connectivity index (χ1) is 16.4. The van der Waals surface area contributed by atoms with Crippen molar-refractivity contribution in [2.24, 2.45) is 0 Å². The monoisotopic (exact) mass is 454 g/mol. The molecule has 1 atom stereocenters. The van der Waals surface area contributed by atoms with Crippen LogP contribution in [0.2, 0.25) is 0 Å². The molecule has 34 heavy (non-hydrogen) atoms. The summed E-state index contributed by atoms with van der Waals surface area (Å²) in [5.41, 5.74) is 7.43. The lowest BCUT2D eigenvalue weighted by molar-refractivity contribution is -0.142. The summed E-state index contributed by atoms with van der Waals surface area (Å²) in [6.45, 7) is 2.15. The van der Waals surface area contributed by atoms with Crippen LogP contribution in [0.1, 0.15) is 28.2 Å². The molecule has 1 aromatic heterocycles. The van der Waals surface area contributed by atoms with Gasteiger partial charge in [0.25, 0.3) is 0 Å². The van der Waals surface area contributed by atoms with E-state index in [4.69, 9.17) is 4.74 Å². The maximum absolute atomic E-state index is 12.9. The zero-order valence-corrected chi connectivity index (χ0v) is 19.1. The van der Waals surface area contributed by atoms with Gasteiger partial charge in [0.05, 0.1) is 0 Å². The number of hydrogen-bond acceptors (Lipinski definition) is 3. The number of carbonyl (C=O) groups is 2. The molecule has 0 aliphatic heterocycles. The van der Waals surface area contributed by atoms with Crippen molar-refractivity contribution in [2.75, 3.05) is 13.7 Å². The largest absolute Gasteiger partial charge is 0.480 e. The van der Waals surface area contributed by atoms with Crippen molar-refractivity contribution in [1.29, 1.82) is 0 Å². The van der Waals surface area contributed by atoms with Gasteiger partial charge in [0.15, 0.2) is 0 Å². The molecule has 172 valence electrons. The average molecular weight is 455 g/mol. The van der Waals surface area contributed by atoms with Gasteiger partial charge in [0.2, 0.25) is 0 Å². The van der Waals surface area contributed by atoms with E-state index < -0.39 is 18.1 Å². The molecule has 6 heteroatoms. The average Bonchev–Trinajstić information content (AvgIpc) is 3.38. The molecule has 0 saturated carbocycles. The number of rotatable bonds is 6. The van der Waals surface area contributed by atoms with Gasteiger partial charge in [-0.05, 0) is 46.4 Å². The van der Waals surface area contributed by atoms with Crippen molar-refractivity contribution in [2.45, 2.75) is 25.3 Å². The number of carbonyl (C=O) groups excluding carboxylic acids is 1. The van der Waals surface area contributed by atoms with Crippen LogP contribution in [0.15, 0.2) is 72.9 Å². The number of aromatic amines is 1. The van der Waals surface area contributed by atoms with Crippen molar-refractivity contribution >= 4 is 23.0 Å². The number of aliphatic carboxylic acids is 1. The third-order valence-corrected chi connectivity index (χ3v) is 6.71. The lowest BCUT2D eigenvalue weighted by atomic mass is 9.98. The zero-order chi connectivity index (χ0) is 23.8. The van der Waals surface area contributed by atoms with Gasteiger partial charge in [-0.2, -0.15) is 0 Å². The third-order valence-electron chi connectivity index (χ3n) is 6.71. The Labute approximate surface area is 197 Å². The van der Waals surface area contributed by atoms with Crippen molar-refractivity contribution in [3.8, 4) is 11.1 Å². The number of likely N-dealkylation sites (N-methyl/N-ethyl adjacent to an activating group) is 1. The van der Waals surface area contributed by atoms with E-state index in [9.17, 15) is 14.7 Å². The summed E-state index contributed by atoms with van der Waals surface area (Å²) in [5.74, 6) is -1.15. The highest BCUT2D eigenvalue weighted by Gasteiger charge is 2.32. The number of aryl methyl sites for hydroxylation is 1. The molecule has 0 spiro atoms. The molecule has 0 bridgehead atoms. The van der Waals surface area contributed by atoms with Crippen molar-refractivity contribution < 1.29 is 19.4 Å². The number of aromatic nitrogens is 1. The summed E-state index contributed by atoms with van der Waals surface area (Å²) in [7, 11) is 1.48. The third kappa shape index (κ3) is 3.81. The van der Waals surface area contributed by atoms with Crippen LogP contribution in [0.25, 0.3) is 22.0 Å². The Hall–Kier alpha value is -4.06. The summed E-state index contributed by atoms with van der Waals surface area (Å²) < 4.78 is 5.67. The van der Waals surface area contributed by atoms with E-state index in [2.05, 4.69) is 29.2 Å². The summed E-state index contributed by atoms with van der Waals surface area (Å²) >= 11 is 0. The molecule has 4 aromatic rings. The van der Waals surface area contributed by atoms with E-state index in [0.717, 1.165) is 44.3 Å². The molecule has 0 radical (unpaired) electrons. The minimum atomic E-state index is -1.07. The van der Waals surface area contributed by atoms with E-state index in [1.165, 1.54) is 11.9 Å². The van der Waals surface area contributed by atoms with Crippen LogP contribution in [0.4, 0.5) is 4.79 Å². The molecule has 1 aliphatic rings. The maximum atomic E-state index is 12.9. The lowest BCUT2D eigenvalue weighted by Gasteiger charge is -2.25. The topological polar surface area (TPSA) is 82.6 Å². The number of amides is 1. The van der Waals surface area contributed by atoms with E-state index in [1.807, 2.05) is 55.6 Å². The van der Waals surface area contributed by atoms with E-state index in [1.54, 1.807) is 0 Å². The van der Waals surface area contributed by atoms with E-state index in [-0.39, 0.29) is 18.9 Å². The second-order valence-electron chi connectivity index (χ2n) is 8.84. The number of benzene rings is 3. The number of carboxylic acid groups (broad SMARTS) is 1. The molecular formula is C28H26N2O4. The van der Waals surface area contributed by atoms with Gasteiger partial charge in [-0.3, -0.25) is 4.90 Å². The fraction of sp³-hybridized carbons (Fsp3) is 0.214. The molecule has 2 N–H and O–H groups in total. The number of nitrogens with one attached hydrogen (secondary N) is 1. The van der Waals surface area contributed by atoms with E-state index >= 15 is 0 Å². The van der Waals surface area contributed by atoms with Gasteiger partial charge in [0.1, 0.15) is 12.6 Å². The Kier molecular flexibility index (Phi) is 5.57. The summed E-state index contributed by atoms with van der Waals surface area (Å²) in [4.78, 5) is 29.4. The quantitative estimate of drug-likeness (QED) is 0.411. The minimum absolute atomic E-state index is 0.0788. The number of nitrogens with zero attached hydrogens (tertiary/aromatic N) is 1. The molecule has 5 rings (SSSR count). The van der Waals surface area contributed by atoms with Gasteiger partial charge < -0.3 is 14.8 Å². The molecule has 0 unspecified atom stereocenters. The lowest BCUT2D eigenvalue weighted by Crippen LogP contribution is -2.44. The number of fused-ring (bicyclic) bond motifs is 4. The van der Waals surface area contributed by atoms with Crippen molar-refractivity contribution in [3.63, 3.8) is 0 Å². The number of hydrogen-bond donors (Lipinski definition) is 2. The Morgan fingerprint density at radius 2 is 1.68 bits per heavy atom. The number of ether oxygens (including phenoxy) is 1. The van der Waals surface area contributed by atoms with Gasteiger partial charge in [-0.25, -0.2) is 9.59 Å². The van der Waals surface area contributed by atoms with Crippen LogP contribution >= 0.6 is 0 Å². The van der Waals surface area contributed by atoms with Crippen LogP contribution in [0, 0.1) is 6.92 Å². The summed E-state index contributed by atoms with van der Waals surface area (Å²) in [5, 5.41) is 10.8. The first kappa shape index (κ1) is 21.8. The zero-order valence-electron chi connectivity index (χ0n) is 19.1. The van der Waals surface area contributed by atoms with Gasteiger partial charge in [-0.1, -0.05) is 60.7 Å². The van der Waals surface area contributed by atoms with Crippen LogP contribution in [0.5, 0.6) is 0 Å². The molecular weight excluding hydrogens is 428 g/mol. The second kappa shape index (κ2) is 8.71. The number of H-pyrrole nitrogens is 1. The normalized spacial score (nSPS) is 13.4. The molecule has 6 nitrogen and oxygen atoms in total. The van der Waals surface area contributed by atoms with Crippen LogP contribution in [-0.2, 0) is 16.0 Å². The molecule has 0 saturated heterocycles. The highest BCUT2D eigenvalue weighted by atomic mass is 16.6. The highest BCUT2D eigenvalue weighted by molar-refractivity contribution is 5.86. The fourth-order valence-corrected chi connectivity index (χ4v) is 4.89. The predicted octanol–water partition coefficient (Wildman–Crippen LogP) is 5.35. The molecule has 1 heterocycles. The molecule has 1 aliphatic carbocycles. The SMILES string of the molecule is Cc1ccc2c(C[C@@H](C(=O)O)N(C)C(=O)OCC3c4ccccc4-c4ccccc43)c[nH]c2c1. The van der Waals surface area contributed by atoms with Crippen LogP contribution < -0.4 is 0 Å². The van der Waals surface area contributed by atoms with Gasteiger partial charge in [0, 0.05) is 36.5 Å². The molecule has 0 fully saturated rings. The predicted molar refractivity (Wildman–Crippen MR) is 131 cm³/mol. The molecule has 3 aromatic carbocycles. The Morgan fingerprint density at radius 3 is 2.32 bits per heavy atom. The fourth-order valence-electron chi connectivity index (χ4n) is 4.89. The Morgan fingerprint density at radius 1 is 1.03 bits per heavy atom. The Bertz CT molecular complexity index is 1340. The smallest absolute Gasteiger partial charge is 0.410 e. The van der Waals surface area contributed by atoms with Gasteiger partial charge in [-0.15, -0.1) is 0 Å². The van der Waals surface area contributed by atoms with Gasteiger partial charge >= 0.3 is 12.1 Å². The summed E-state index contributed by atoms with van der Waals surface area (Å²) in [6.07, 6.45) is 1.34.